The summed E-state index contributed by atoms with van der Waals surface area (Å²) < 4.78 is 16.9. The van der Waals surface area contributed by atoms with E-state index in [-0.39, 0.29) is 28.1 Å². The predicted octanol–water partition coefficient (Wildman–Crippen LogP) is 5.33. The zero-order valence-corrected chi connectivity index (χ0v) is 23.7. The van der Waals surface area contributed by atoms with E-state index in [0.29, 0.717) is 5.56 Å². The number of nitrogens with zero attached hydrogens (tertiary/aromatic N) is 1. The van der Waals surface area contributed by atoms with Crippen molar-refractivity contribution in [1.29, 1.82) is 0 Å². The first-order valence-electron chi connectivity index (χ1n) is 12.9. The number of furan rings is 1. The van der Waals surface area contributed by atoms with Gasteiger partial charge in [-0.15, -0.1) is 0 Å². The van der Waals surface area contributed by atoms with Gasteiger partial charge in [0.2, 0.25) is 0 Å². The van der Waals surface area contributed by atoms with Gasteiger partial charge in [0.1, 0.15) is 22.4 Å². The van der Waals surface area contributed by atoms with E-state index in [4.69, 9.17) is 13.9 Å². The second-order valence-electron chi connectivity index (χ2n) is 9.17. The summed E-state index contributed by atoms with van der Waals surface area (Å²) >= 11 is 0. The zero-order chi connectivity index (χ0) is 29.7. The van der Waals surface area contributed by atoms with E-state index < -0.39 is 23.7 Å². The van der Waals surface area contributed by atoms with Gasteiger partial charge in [-0.1, -0.05) is 91.0 Å². The molecule has 0 saturated carbocycles. The summed E-state index contributed by atoms with van der Waals surface area (Å²) in [5.74, 6) is -1.08. The molecule has 8 nitrogen and oxygen atoms in total. The van der Waals surface area contributed by atoms with Crippen molar-refractivity contribution in [3.63, 3.8) is 0 Å². The third-order valence-electron chi connectivity index (χ3n) is 6.86. The van der Waals surface area contributed by atoms with Crippen LogP contribution < -0.4 is 15.9 Å². The Hall–Kier alpha value is -5.20. The lowest BCUT2D eigenvalue weighted by Crippen LogP contribution is -2.34. The van der Waals surface area contributed by atoms with Crippen molar-refractivity contribution in [3.8, 4) is 11.3 Å². The minimum absolute atomic E-state index is 0.0649. The van der Waals surface area contributed by atoms with Crippen molar-refractivity contribution in [2.24, 2.45) is 0 Å². The van der Waals surface area contributed by atoms with Gasteiger partial charge in [-0.3, -0.25) is 10.1 Å². The zero-order valence-electron chi connectivity index (χ0n) is 22.8. The van der Waals surface area contributed by atoms with Crippen LogP contribution >= 0.6 is 6.89 Å². The van der Waals surface area contributed by atoms with Gasteiger partial charge in [0.05, 0.1) is 19.1 Å². The molecule has 0 aliphatic carbocycles. The molecule has 0 aliphatic heterocycles. The number of nitro groups is 1. The van der Waals surface area contributed by atoms with Crippen LogP contribution in [-0.2, 0) is 14.3 Å². The summed E-state index contributed by atoms with van der Waals surface area (Å²) in [5.41, 5.74) is 0.351. The van der Waals surface area contributed by atoms with Gasteiger partial charge in [-0.2, -0.15) is 0 Å². The lowest BCUT2D eigenvalue weighted by Gasteiger charge is -2.31. The lowest BCUT2D eigenvalue weighted by atomic mass is 10.1. The molecule has 0 amide bonds. The van der Waals surface area contributed by atoms with Crippen LogP contribution in [0.3, 0.4) is 0 Å². The Morgan fingerprint density at radius 2 is 1.19 bits per heavy atom. The molecule has 9 heteroatoms. The van der Waals surface area contributed by atoms with Crippen molar-refractivity contribution in [3.05, 3.63) is 143 Å². The molecule has 1 aromatic heterocycles. The Kier molecular flexibility index (Phi) is 8.18. The lowest BCUT2D eigenvalue weighted by molar-refractivity contribution is -0.384. The van der Waals surface area contributed by atoms with Gasteiger partial charge in [-0.05, 0) is 34.9 Å². The van der Waals surface area contributed by atoms with Crippen LogP contribution in [0.2, 0.25) is 0 Å². The molecule has 5 aromatic rings. The molecule has 0 radical (unpaired) electrons. The third-order valence-corrected chi connectivity index (χ3v) is 11.1. The topological polar surface area (TPSA) is 109 Å². The minimum atomic E-state index is -3.01. The van der Waals surface area contributed by atoms with Gasteiger partial charge >= 0.3 is 11.9 Å². The smallest absolute Gasteiger partial charge is 0.342 e. The van der Waals surface area contributed by atoms with Crippen molar-refractivity contribution in [1.82, 2.24) is 0 Å². The number of esters is 2. The summed E-state index contributed by atoms with van der Waals surface area (Å²) in [5, 5.41) is 14.1. The molecule has 1 heterocycles. The van der Waals surface area contributed by atoms with Crippen LogP contribution in [-0.4, -0.2) is 36.4 Å². The highest BCUT2D eigenvalue weighted by Gasteiger charge is 2.37. The fraction of sp³-hybridized carbons (Fsp3) is 0.0606. The van der Waals surface area contributed by atoms with Crippen molar-refractivity contribution < 1.29 is 28.4 Å². The maximum Gasteiger partial charge on any atom is 0.342 e. The van der Waals surface area contributed by atoms with Gasteiger partial charge < -0.3 is 13.9 Å². The van der Waals surface area contributed by atoms with Crippen LogP contribution in [0.15, 0.2) is 126 Å². The summed E-state index contributed by atoms with van der Waals surface area (Å²) in [6.45, 7) is -3.01. The van der Waals surface area contributed by atoms with E-state index in [1.54, 1.807) is 0 Å². The van der Waals surface area contributed by atoms with Crippen molar-refractivity contribution >= 4 is 45.7 Å². The highest BCUT2D eigenvalue weighted by atomic mass is 31.2. The van der Waals surface area contributed by atoms with E-state index in [9.17, 15) is 19.7 Å². The first kappa shape index (κ1) is 28.3. The molecule has 0 spiro atoms. The molecule has 0 N–H and O–H groups in total. The molecule has 0 aliphatic rings. The second kappa shape index (κ2) is 12.1. The number of methoxy groups -OCH3 is 2. The highest BCUT2D eigenvalue weighted by Crippen LogP contribution is 2.48. The number of carbonyl (C=O) groups is 2. The average molecular weight is 580 g/mol. The molecule has 0 saturated heterocycles. The quantitative estimate of drug-likeness (QED) is 0.106. The summed E-state index contributed by atoms with van der Waals surface area (Å²) in [7, 11) is 2.55. The third kappa shape index (κ3) is 5.04. The Morgan fingerprint density at radius 3 is 1.60 bits per heavy atom. The molecular formula is C33H26NO7P. The maximum atomic E-state index is 14.0. The molecular weight excluding hydrogens is 553 g/mol. The van der Waals surface area contributed by atoms with E-state index in [1.165, 1.54) is 44.6 Å². The number of non-ortho nitro benzene ring substituents is 1. The van der Waals surface area contributed by atoms with Gasteiger partial charge in [0.25, 0.3) is 5.69 Å². The molecule has 42 heavy (non-hydrogen) atoms. The van der Waals surface area contributed by atoms with Crippen LogP contribution in [0, 0.1) is 10.1 Å². The Labute approximate surface area is 242 Å². The van der Waals surface area contributed by atoms with Gasteiger partial charge in [0.15, 0.2) is 0 Å². The number of benzene rings is 4. The number of carbonyl (C=O) groups excluding carboxylic acids is 2. The molecule has 4 aromatic carbocycles. The summed E-state index contributed by atoms with van der Waals surface area (Å²) in [6.07, 6.45) is 0. The van der Waals surface area contributed by atoms with Crippen LogP contribution in [0.5, 0.6) is 0 Å². The summed E-state index contributed by atoms with van der Waals surface area (Å²) in [6, 6.07) is 36.1. The predicted molar refractivity (Wildman–Crippen MR) is 163 cm³/mol. The molecule has 0 fully saturated rings. The van der Waals surface area contributed by atoms with E-state index >= 15 is 0 Å². The maximum absolute atomic E-state index is 14.0. The highest BCUT2D eigenvalue weighted by molar-refractivity contribution is 7.96. The standard InChI is InChI=1S/C33H26NO7P/c1-39-32(35)28-22-29(41-30(28)23-18-20-24(21-19-23)34(37)38)31(33(36)40-2)42(25-12-6-3-7-13-25,26-14-8-4-9-15-26)27-16-10-5-11-17-27/h3-22H,1-2H3. The number of hydrogen-bond acceptors (Lipinski definition) is 7. The van der Waals surface area contributed by atoms with Crippen molar-refractivity contribution in [2.45, 2.75) is 0 Å². The van der Waals surface area contributed by atoms with Crippen molar-refractivity contribution in [2.75, 3.05) is 14.2 Å². The fourth-order valence-electron chi connectivity index (χ4n) is 5.01. The Balaban J connectivity index is 1.97. The van der Waals surface area contributed by atoms with Crippen LogP contribution in [0.25, 0.3) is 11.3 Å². The van der Waals surface area contributed by atoms with E-state index in [1.807, 2.05) is 91.0 Å². The molecule has 5 rings (SSSR count). The van der Waals surface area contributed by atoms with Gasteiger partial charge in [0, 0.05) is 23.8 Å². The summed E-state index contributed by atoms with van der Waals surface area (Å²) in [4.78, 5) is 37.8. The molecule has 0 bridgehead atoms. The normalized spacial score (nSPS) is 11.0. The first-order valence-corrected chi connectivity index (χ1v) is 14.7. The molecule has 210 valence electrons. The van der Waals surface area contributed by atoms with Gasteiger partial charge in [-0.25, -0.2) is 9.59 Å². The number of hydrogen-bond donors (Lipinski definition) is 0. The number of rotatable bonds is 8. The second-order valence-corrected chi connectivity index (χ2v) is 12.5. The largest absolute Gasteiger partial charge is 0.465 e. The van der Waals surface area contributed by atoms with Crippen LogP contribution in [0.1, 0.15) is 16.1 Å². The van der Waals surface area contributed by atoms with E-state index in [2.05, 4.69) is 0 Å². The number of nitro benzene ring substituents is 1. The van der Waals surface area contributed by atoms with Crippen LogP contribution in [0.4, 0.5) is 5.69 Å². The SMILES string of the molecule is COC(=O)C(c1cc(C(=O)OC)c(-c2ccc([N+](=O)[O-])cc2)o1)=P(c1ccccc1)(c1ccccc1)c1ccccc1. The minimum Gasteiger partial charge on any atom is -0.465 e. The Bertz CT molecular complexity index is 1690. The monoisotopic (exact) mass is 579 g/mol. The fourth-order valence-corrected chi connectivity index (χ4v) is 9.34. The molecule has 0 atom stereocenters. The number of ether oxygens (including phenoxy) is 2. The van der Waals surface area contributed by atoms with E-state index in [0.717, 1.165) is 15.9 Å². The molecule has 0 unspecified atom stereocenters. The first-order chi connectivity index (χ1) is 20.4. The Morgan fingerprint density at radius 1 is 0.714 bits per heavy atom. The average Bonchev–Trinajstić information content (AvgIpc) is 3.49.